The van der Waals surface area contributed by atoms with E-state index in [0.29, 0.717) is 5.82 Å². The van der Waals surface area contributed by atoms with Crippen molar-refractivity contribution in [2.75, 3.05) is 6.54 Å². The van der Waals surface area contributed by atoms with Gasteiger partial charge < -0.3 is 10.4 Å². The number of aromatic hydroxyl groups is 1. The summed E-state index contributed by atoms with van der Waals surface area (Å²) in [5.74, 6) is 0.924. The molecule has 4 nitrogen and oxygen atoms in total. The Morgan fingerprint density at radius 1 is 1.11 bits per heavy atom. The van der Waals surface area contributed by atoms with Crippen LogP contribution in [0.25, 0.3) is 11.4 Å². The second-order valence-corrected chi connectivity index (χ2v) is 4.14. The van der Waals surface area contributed by atoms with Crippen molar-refractivity contribution in [1.29, 1.82) is 0 Å². The molecule has 2 rings (SSSR count). The van der Waals surface area contributed by atoms with Gasteiger partial charge in [-0.3, -0.25) is 0 Å². The van der Waals surface area contributed by atoms with E-state index in [2.05, 4.69) is 22.2 Å². The molecule has 18 heavy (non-hydrogen) atoms. The molecule has 0 aliphatic heterocycles. The van der Waals surface area contributed by atoms with Crippen molar-refractivity contribution in [3.8, 4) is 17.1 Å². The summed E-state index contributed by atoms with van der Waals surface area (Å²) in [6, 6.07) is 6.88. The monoisotopic (exact) mass is 243 g/mol. The molecule has 0 amide bonds. The van der Waals surface area contributed by atoms with Gasteiger partial charge in [0, 0.05) is 30.1 Å². The van der Waals surface area contributed by atoms with Crippen LogP contribution >= 0.6 is 0 Å². The van der Waals surface area contributed by atoms with Gasteiger partial charge in [0.05, 0.1) is 0 Å². The fourth-order valence-corrected chi connectivity index (χ4v) is 1.62. The van der Waals surface area contributed by atoms with Crippen LogP contribution in [-0.4, -0.2) is 21.6 Å². The highest BCUT2D eigenvalue weighted by molar-refractivity contribution is 5.55. The van der Waals surface area contributed by atoms with E-state index in [-0.39, 0.29) is 5.75 Å². The molecular weight excluding hydrogens is 226 g/mol. The van der Waals surface area contributed by atoms with Crippen LogP contribution in [0.1, 0.15) is 18.9 Å². The molecule has 1 aromatic heterocycles. The lowest BCUT2D eigenvalue weighted by atomic mass is 10.2. The Bertz CT molecular complexity index is 479. The number of nitrogens with zero attached hydrogens (tertiary/aromatic N) is 2. The SMILES string of the molecule is CCCNCc1cnc(-c2ccc(O)cc2)nc1. The van der Waals surface area contributed by atoms with Crippen molar-refractivity contribution >= 4 is 0 Å². The normalized spacial score (nSPS) is 10.5. The zero-order valence-corrected chi connectivity index (χ0v) is 10.4. The highest BCUT2D eigenvalue weighted by Crippen LogP contribution is 2.17. The van der Waals surface area contributed by atoms with Crippen LogP contribution in [0, 0.1) is 0 Å². The molecule has 0 bridgehead atoms. The molecule has 94 valence electrons. The van der Waals surface area contributed by atoms with Crippen LogP contribution in [0.2, 0.25) is 0 Å². The maximum Gasteiger partial charge on any atom is 0.159 e. The topological polar surface area (TPSA) is 58.0 Å². The second kappa shape index (κ2) is 6.12. The summed E-state index contributed by atoms with van der Waals surface area (Å²) in [5.41, 5.74) is 1.98. The van der Waals surface area contributed by atoms with E-state index in [0.717, 1.165) is 30.6 Å². The minimum absolute atomic E-state index is 0.249. The van der Waals surface area contributed by atoms with Crippen LogP contribution in [0.5, 0.6) is 5.75 Å². The van der Waals surface area contributed by atoms with E-state index < -0.39 is 0 Å². The lowest BCUT2D eigenvalue weighted by Gasteiger charge is -2.04. The molecule has 0 fully saturated rings. The highest BCUT2D eigenvalue weighted by Gasteiger charge is 2.01. The van der Waals surface area contributed by atoms with Crippen molar-refractivity contribution in [3.05, 3.63) is 42.2 Å². The first-order chi connectivity index (χ1) is 8.79. The smallest absolute Gasteiger partial charge is 0.159 e. The Balaban J connectivity index is 2.05. The summed E-state index contributed by atoms with van der Waals surface area (Å²) >= 11 is 0. The van der Waals surface area contributed by atoms with Gasteiger partial charge in [0.1, 0.15) is 5.75 Å². The van der Waals surface area contributed by atoms with Crippen LogP contribution in [0.15, 0.2) is 36.7 Å². The molecule has 1 heterocycles. The van der Waals surface area contributed by atoms with Crippen LogP contribution < -0.4 is 5.32 Å². The van der Waals surface area contributed by atoms with Gasteiger partial charge in [0.2, 0.25) is 0 Å². The van der Waals surface area contributed by atoms with Crippen molar-refractivity contribution in [3.63, 3.8) is 0 Å². The molecule has 2 N–H and O–H groups in total. The van der Waals surface area contributed by atoms with Crippen LogP contribution in [0.4, 0.5) is 0 Å². The molecule has 4 heteroatoms. The number of hydrogen-bond donors (Lipinski definition) is 2. The molecule has 0 unspecified atom stereocenters. The minimum Gasteiger partial charge on any atom is -0.508 e. The van der Waals surface area contributed by atoms with Gasteiger partial charge in [0.25, 0.3) is 0 Å². The Hall–Kier alpha value is -1.94. The fraction of sp³-hybridized carbons (Fsp3) is 0.286. The molecule has 2 aromatic rings. The maximum atomic E-state index is 9.22. The predicted molar refractivity (Wildman–Crippen MR) is 71.1 cm³/mol. The molecule has 0 aliphatic carbocycles. The summed E-state index contributed by atoms with van der Waals surface area (Å²) in [6.07, 6.45) is 4.78. The third-order valence-corrected chi connectivity index (χ3v) is 2.59. The molecule has 0 saturated heterocycles. The zero-order valence-electron chi connectivity index (χ0n) is 10.4. The third-order valence-electron chi connectivity index (χ3n) is 2.59. The predicted octanol–water partition coefficient (Wildman–Crippen LogP) is 2.35. The number of benzene rings is 1. The van der Waals surface area contributed by atoms with E-state index >= 15 is 0 Å². The summed E-state index contributed by atoms with van der Waals surface area (Å²) < 4.78 is 0. The van der Waals surface area contributed by atoms with Crippen LogP contribution in [0.3, 0.4) is 0 Å². The molecule has 0 aliphatic rings. The number of phenols is 1. The fourth-order valence-electron chi connectivity index (χ4n) is 1.62. The largest absolute Gasteiger partial charge is 0.508 e. The standard InChI is InChI=1S/C14H17N3O/c1-2-7-15-8-11-9-16-14(17-10-11)12-3-5-13(18)6-4-12/h3-6,9-10,15,18H,2,7-8H2,1H3. The molecule has 0 radical (unpaired) electrons. The van der Waals surface area contributed by atoms with Gasteiger partial charge in [0.15, 0.2) is 5.82 Å². The van der Waals surface area contributed by atoms with Crippen molar-refractivity contribution < 1.29 is 5.11 Å². The maximum absolute atomic E-state index is 9.22. The molecule has 0 spiro atoms. The Morgan fingerprint density at radius 3 is 2.39 bits per heavy atom. The van der Waals surface area contributed by atoms with Crippen molar-refractivity contribution in [2.24, 2.45) is 0 Å². The Morgan fingerprint density at radius 2 is 1.78 bits per heavy atom. The average Bonchev–Trinajstić information content (AvgIpc) is 2.41. The molecule has 0 atom stereocenters. The minimum atomic E-state index is 0.249. The number of aromatic nitrogens is 2. The van der Waals surface area contributed by atoms with E-state index in [4.69, 9.17) is 0 Å². The second-order valence-electron chi connectivity index (χ2n) is 4.14. The van der Waals surface area contributed by atoms with Gasteiger partial charge >= 0.3 is 0 Å². The van der Waals surface area contributed by atoms with Crippen LogP contribution in [-0.2, 0) is 6.54 Å². The summed E-state index contributed by atoms with van der Waals surface area (Å²) in [5, 5.41) is 12.5. The summed E-state index contributed by atoms with van der Waals surface area (Å²) in [7, 11) is 0. The third kappa shape index (κ3) is 3.28. The zero-order chi connectivity index (χ0) is 12.8. The lowest BCUT2D eigenvalue weighted by molar-refractivity contribution is 0.475. The molecular formula is C14H17N3O. The quantitative estimate of drug-likeness (QED) is 0.791. The molecule has 0 saturated carbocycles. The van der Waals surface area contributed by atoms with Gasteiger partial charge in [-0.1, -0.05) is 6.92 Å². The van der Waals surface area contributed by atoms with E-state index in [1.165, 1.54) is 0 Å². The van der Waals surface area contributed by atoms with E-state index in [9.17, 15) is 5.11 Å². The summed E-state index contributed by atoms with van der Waals surface area (Å²) in [4.78, 5) is 8.65. The number of rotatable bonds is 5. The summed E-state index contributed by atoms with van der Waals surface area (Å²) in [6.45, 7) is 3.93. The average molecular weight is 243 g/mol. The van der Waals surface area contributed by atoms with E-state index in [1.54, 1.807) is 24.3 Å². The Kier molecular flexibility index (Phi) is 4.25. The number of hydrogen-bond acceptors (Lipinski definition) is 4. The first-order valence-electron chi connectivity index (χ1n) is 6.10. The van der Waals surface area contributed by atoms with Gasteiger partial charge in [-0.25, -0.2) is 9.97 Å². The first kappa shape index (κ1) is 12.5. The van der Waals surface area contributed by atoms with Gasteiger partial charge in [-0.15, -0.1) is 0 Å². The van der Waals surface area contributed by atoms with E-state index in [1.807, 2.05) is 12.4 Å². The Labute approximate surface area is 107 Å². The number of phenolic OH excluding ortho intramolecular Hbond substituents is 1. The van der Waals surface area contributed by atoms with Crippen molar-refractivity contribution in [2.45, 2.75) is 19.9 Å². The van der Waals surface area contributed by atoms with Crippen molar-refractivity contribution in [1.82, 2.24) is 15.3 Å². The molecule has 1 aromatic carbocycles. The van der Waals surface area contributed by atoms with Gasteiger partial charge in [-0.2, -0.15) is 0 Å². The number of nitrogens with one attached hydrogen (secondary N) is 1. The first-order valence-corrected chi connectivity index (χ1v) is 6.10. The highest BCUT2D eigenvalue weighted by atomic mass is 16.3. The van der Waals surface area contributed by atoms with Gasteiger partial charge in [-0.05, 0) is 37.2 Å². The lowest BCUT2D eigenvalue weighted by Crippen LogP contribution is -2.14.